The molecule has 5 heteroatoms. The predicted octanol–water partition coefficient (Wildman–Crippen LogP) is 1.27. The van der Waals surface area contributed by atoms with Crippen molar-refractivity contribution in [2.75, 3.05) is 13.1 Å². The van der Waals surface area contributed by atoms with E-state index in [1.54, 1.807) is 0 Å². The van der Waals surface area contributed by atoms with Crippen LogP contribution in [0.1, 0.15) is 25.0 Å². The average molecular weight is 290 g/mol. The summed E-state index contributed by atoms with van der Waals surface area (Å²) in [5, 5.41) is 12.6. The fourth-order valence-corrected chi connectivity index (χ4v) is 2.71. The van der Waals surface area contributed by atoms with E-state index in [0.717, 1.165) is 17.7 Å². The summed E-state index contributed by atoms with van der Waals surface area (Å²) in [7, 11) is 0. The molecule has 0 aromatic heterocycles. The van der Waals surface area contributed by atoms with Gasteiger partial charge in [0, 0.05) is 25.4 Å². The number of carbonyl (C=O) groups excluding carboxylic acids is 1. The van der Waals surface area contributed by atoms with E-state index in [-0.39, 0.29) is 11.8 Å². The molecule has 1 heterocycles. The molecule has 5 nitrogen and oxygen atoms in total. The van der Waals surface area contributed by atoms with Crippen LogP contribution in [0.3, 0.4) is 0 Å². The van der Waals surface area contributed by atoms with Crippen molar-refractivity contribution in [3.63, 3.8) is 0 Å². The molecular weight excluding hydrogens is 268 g/mol. The van der Waals surface area contributed by atoms with Crippen LogP contribution in [0, 0.1) is 5.92 Å². The first-order valence-electron chi connectivity index (χ1n) is 7.35. The molecule has 0 saturated heterocycles. The van der Waals surface area contributed by atoms with E-state index in [0.29, 0.717) is 19.5 Å². The van der Waals surface area contributed by atoms with Gasteiger partial charge in [0.2, 0.25) is 5.91 Å². The molecule has 1 aromatic carbocycles. The molecule has 0 saturated carbocycles. The molecule has 2 N–H and O–H groups in total. The van der Waals surface area contributed by atoms with Crippen molar-refractivity contribution in [1.82, 2.24) is 10.2 Å². The van der Waals surface area contributed by atoms with Crippen LogP contribution in [0.5, 0.6) is 0 Å². The standard InChI is InChI=1S/C16H22N2O3/c1-3-17-9-11(2)15(19)18-10-13-7-5-4-6-12(13)8-14(18)16(20)21/h4-7,11,14,17H,3,8-10H2,1-2H3,(H,20,21). The average Bonchev–Trinajstić information content (AvgIpc) is 2.50. The summed E-state index contributed by atoms with van der Waals surface area (Å²) >= 11 is 0. The number of benzene rings is 1. The summed E-state index contributed by atoms with van der Waals surface area (Å²) < 4.78 is 0. The molecule has 1 aliphatic rings. The monoisotopic (exact) mass is 290 g/mol. The summed E-state index contributed by atoms with van der Waals surface area (Å²) in [5.41, 5.74) is 2.06. The highest BCUT2D eigenvalue weighted by atomic mass is 16.4. The Hall–Kier alpha value is -1.88. The second-order valence-corrected chi connectivity index (χ2v) is 5.50. The predicted molar refractivity (Wildman–Crippen MR) is 79.8 cm³/mol. The van der Waals surface area contributed by atoms with E-state index in [2.05, 4.69) is 5.32 Å². The quantitative estimate of drug-likeness (QED) is 0.857. The Kier molecular flexibility index (Phi) is 4.96. The normalized spacial score (nSPS) is 19.0. The third-order valence-electron chi connectivity index (χ3n) is 3.94. The van der Waals surface area contributed by atoms with E-state index in [1.165, 1.54) is 4.90 Å². The highest BCUT2D eigenvalue weighted by molar-refractivity contribution is 5.85. The van der Waals surface area contributed by atoms with Crippen LogP contribution in [0.4, 0.5) is 0 Å². The van der Waals surface area contributed by atoms with Crippen LogP contribution in [0.2, 0.25) is 0 Å². The summed E-state index contributed by atoms with van der Waals surface area (Å²) in [4.78, 5) is 25.6. The molecule has 1 amide bonds. The lowest BCUT2D eigenvalue weighted by Crippen LogP contribution is -2.51. The number of nitrogens with zero attached hydrogens (tertiary/aromatic N) is 1. The first-order valence-corrected chi connectivity index (χ1v) is 7.35. The van der Waals surface area contributed by atoms with Crippen molar-refractivity contribution in [3.8, 4) is 0 Å². The summed E-state index contributed by atoms with van der Waals surface area (Å²) in [6.45, 7) is 5.56. The number of carboxylic acids is 1. The van der Waals surface area contributed by atoms with E-state index < -0.39 is 12.0 Å². The van der Waals surface area contributed by atoms with Gasteiger partial charge in [-0.15, -0.1) is 0 Å². The second-order valence-electron chi connectivity index (χ2n) is 5.50. The lowest BCUT2D eigenvalue weighted by molar-refractivity contribution is -0.153. The summed E-state index contributed by atoms with van der Waals surface area (Å²) in [6, 6.07) is 6.96. The third-order valence-corrected chi connectivity index (χ3v) is 3.94. The van der Waals surface area contributed by atoms with Gasteiger partial charge >= 0.3 is 5.97 Å². The smallest absolute Gasteiger partial charge is 0.326 e. The van der Waals surface area contributed by atoms with Crippen molar-refractivity contribution in [1.29, 1.82) is 0 Å². The zero-order valence-corrected chi connectivity index (χ0v) is 12.5. The van der Waals surface area contributed by atoms with Gasteiger partial charge in [0.1, 0.15) is 6.04 Å². The van der Waals surface area contributed by atoms with Gasteiger partial charge in [-0.25, -0.2) is 4.79 Å². The number of fused-ring (bicyclic) bond motifs is 1. The van der Waals surface area contributed by atoms with Gasteiger partial charge in [-0.3, -0.25) is 4.79 Å². The molecule has 0 fully saturated rings. The second kappa shape index (κ2) is 6.72. The lowest BCUT2D eigenvalue weighted by Gasteiger charge is -2.36. The Labute approximate surface area is 125 Å². The number of carboxylic acid groups (broad SMARTS) is 1. The zero-order valence-electron chi connectivity index (χ0n) is 12.5. The molecule has 0 spiro atoms. The fourth-order valence-electron chi connectivity index (χ4n) is 2.71. The van der Waals surface area contributed by atoms with Crippen LogP contribution in [-0.2, 0) is 22.6 Å². The molecule has 0 aliphatic carbocycles. The molecular formula is C16H22N2O3. The minimum Gasteiger partial charge on any atom is -0.480 e. The topological polar surface area (TPSA) is 69.6 Å². The van der Waals surface area contributed by atoms with Gasteiger partial charge in [-0.1, -0.05) is 38.1 Å². The largest absolute Gasteiger partial charge is 0.480 e. The van der Waals surface area contributed by atoms with Gasteiger partial charge in [-0.05, 0) is 17.7 Å². The number of hydrogen-bond donors (Lipinski definition) is 2. The Morgan fingerprint density at radius 2 is 2.05 bits per heavy atom. The number of aliphatic carboxylic acids is 1. The van der Waals surface area contributed by atoms with Crippen LogP contribution >= 0.6 is 0 Å². The van der Waals surface area contributed by atoms with Crippen LogP contribution in [0.25, 0.3) is 0 Å². The molecule has 1 aliphatic heterocycles. The van der Waals surface area contributed by atoms with Gasteiger partial charge in [0.25, 0.3) is 0 Å². The molecule has 21 heavy (non-hydrogen) atoms. The minimum atomic E-state index is -0.937. The van der Waals surface area contributed by atoms with Crippen molar-refractivity contribution in [2.24, 2.45) is 5.92 Å². The minimum absolute atomic E-state index is 0.0992. The maximum Gasteiger partial charge on any atom is 0.326 e. The highest BCUT2D eigenvalue weighted by Gasteiger charge is 2.35. The van der Waals surface area contributed by atoms with E-state index in [4.69, 9.17) is 0 Å². The molecule has 0 radical (unpaired) electrons. The Morgan fingerprint density at radius 3 is 2.67 bits per heavy atom. The summed E-state index contributed by atoms with van der Waals surface area (Å²) in [5.74, 6) is -1.26. The van der Waals surface area contributed by atoms with Crippen LogP contribution < -0.4 is 5.32 Å². The first kappa shape index (κ1) is 15.5. The van der Waals surface area contributed by atoms with Crippen molar-refractivity contribution in [2.45, 2.75) is 32.9 Å². The molecule has 2 unspecified atom stereocenters. The van der Waals surface area contributed by atoms with Gasteiger partial charge in [-0.2, -0.15) is 0 Å². The number of nitrogens with one attached hydrogen (secondary N) is 1. The first-order chi connectivity index (χ1) is 10.0. The third kappa shape index (κ3) is 3.42. The van der Waals surface area contributed by atoms with E-state index in [1.807, 2.05) is 38.1 Å². The number of hydrogen-bond acceptors (Lipinski definition) is 3. The maximum atomic E-state index is 12.6. The Morgan fingerprint density at radius 1 is 1.38 bits per heavy atom. The summed E-state index contributed by atoms with van der Waals surface area (Å²) in [6.07, 6.45) is 0.380. The molecule has 2 rings (SSSR count). The number of carbonyl (C=O) groups is 2. The fraction of sp³-hybridized carbons (Fsp3) is 0.500. The Balaban J connectivity index is 2.20. The van der Waals surface area contributed by atoms with Gasteiger partial charge in [0.05, 0.1) is 0 Å². The lowest BCUT2D eigenvalue weighted by atomic mass is 9.93. The zero-order chi connectivity index (χ0) is 15.4. The van der Waals surface area contributed by atoms with Crippen LogP contribution in [-0.4, -0.2) is 41.0 Å². The molecule has 2 atom stereocenters. The van der Waals surface area contributed by atoms with Crippen molar-refractivity contribution >= 4 is 11.9 Å². The van der Waals surface area contributed by atoms with Crippen molar-refractivity contribution in [3.05, 3.63) is 35.4 Å². The van der Waals surface area contributed by atoms with Crippen LogP contribution in [0.15, 0.2) is 24.3 Å². The van der Waals surface area contributed by atoms with Gasteiger partial charge < -0.3 is 15.3 Å². The van der Waals surface area contributed by atoms with E-state index in [9.17, 15) is 14.7 Å². The molecule has 114 valence electrons. The Bertz CT molecular complexity index is 530. The van der Waals surface area contributed by atoms with Gasteiger partial charge in [0.15, 0.2) is 0 Å². The van der Waals surface area contributed by atoms with E-state index >= 15 is 0 Å². The highest BCUT2D eigenvalue weighted by Crippen LogP contribution is 2.24. The molecule has 0 bridgehead atoms. The SMILES string of the molecule is CCNCC(C)C(=O)N1Cc2ccccc2CC1C(=O)O. The number of rotatable bonds is 5. The number of amides is 1. The van der Waals surface area contributed by atoms with Crippen molar-refractivity contribution < 1.29 is 14.7 Å². The maximum absolute atomic E-state index is 12.6. The molecule has 1 aromatic rings.